The second-order valence-electron chi connectivity index (χ2n) is 8.73. The molecule has 3 heterocycles. The van der Waals surface area contributed by atoms with E-state index in [0.717, 1.165) is 21.7 Å². The molecule has 1 fully saturated rings. The fourth-order valence-corrected chi connectivity index (χ4v) is 5.00. The Bertz CT molecular complexity index is 1390. The molecule has 0 spiro atoms. The molecule has 3 aromatic rings. The third-order valence-corrected chi connectivity index (χ3v) is 7.35. The zero-order valence-corrected chi connectivity index (χ0v) is 19.2. The van der Waals surface area contributed by atoms with E-state index in [4.69, 9.17) is 0 Å². The van der Waals surface area contributed by atoms with E-state index in [9.17, 15) is 22.4 Å². The summed E-state index contributed by atoms with van der Waals surface area (Å²) in [6.45, 7) is -0.149. The number of alkyl halides is 1. The van der Waals surface area contributed by atoms with Gasteiger partial charge in [-0.1, -0.05) is 30.3 Å². The molecule has 5 rings (SSSR count). The molecular formula is C24H23FN4O4S. The number of aromatic amines is 1. The molecule has 0 unspecified atom stereocenters. The SMILES string of the molecule is CS(=O)(=O)N1CC(=O)c2c([nH]c(-c3ccnc(NC(=O)[C@H]4C[C@H]4F)c3)c2Cc2ccccc2)C1. The maximum Gasteiger partial charge on any atom is 0.231 e. The van der Waals surface area contributed by atoms with Crippen LogP contribution >= 0.6 is 0 Å². The van der Waals surface area contributed by atoms with Crippen molar-refractivity contribution in [1.29, 1.82) is 0 Å². The maximum atomic E-state index is 13.3. The number of amides is 1. The van der Waals surface area contributed by atoms with Gasteiger partial charge in [0.2, 0.25) is 15.9 Å². The summed E-state index contributed by atoms with van der Waals surface area (Å²) in [5.74, 6) is -1.04. The van der Waals surface area contributed by atoms with Gasteiger partial charge in [0.1, 0.15) is 12.0 Å². The average molecular weight is 483 g/mol. The lowest BCUT2D eigenvalue weighted by atomic mass is 9.94. The van der Waals surface area contributed by atoms with Crippen molar-refractivity contribution in [2.45, 2.75) is 25.6 Å². The van der Waals surface area contributed by atoms with Crippen LogP contribution in [0.3, 0.4) is 0 Å². The summed E-state index contributed by atoms with van der Waals surface area (Å²) in [5.41, 5.74) is 4.12. The topological polar surface area (TPSA) is 112 Å². The zero-order valence-electron chi connectivity index (χ0n) is 18.4. The van der Waals surface area contributed by atoms with E-state index in [1.807, 2.05) is 30.3 Å². The highest BCUT2D eigenvalue weighted by Gasteiger charge is 2.43. The monoisotopic (exact) mass is 482 g/mol. The first-order valence-electron chi connectivity index (χ1n) is 10.9. The lowest BCUT2D eigenvalue weighted by Gasteiger charge is -2.24. The van der Waals surface area contributed by atoms with E-state index in [1.165, 1.54) is 6.20 Å². The fourth-order valence-electron chi connectivity index (χ4n) is 4.29. The average Bonchev–Trinajstić information content (AvgIpc) is 3.42. The van der Waals surface area contributed by atoms with Crippen LogP contribution in [0.2, 0.25) is 0 Å². The summed E-state index contributed by atoms with van der Waals surface area (Å²) >= 11 is 0. The van der Waals surface area contributed by atoms with Crippen LogP contribution in [0, 0.1) is 5.92 Å². The van der Waals surface area contributed by atoms with Crippen LogP contribution in [-0.4, -0.2) is 53.4 Å². The number of fused-ring (bicyclic) bond motifs is 1. The number of ketones is 1. The Kier molecular flexibility index (Phi) is 5.57. The number of carbonyl (C=O) groups excluding carboxylic acids is 2. The normalized spacial score (nSPS) is 20.1. The van der Waals surface area contributed by atoms with Gasteiger partial charge in [-0.15, -0.1) is 0 Å². The van der Waals surface area contributed by atoms with Crippen molar-refractivity contribution in [2.75, 3.05) is 18.1 Å². The van der Waals surface area contributed by atoms with E-state index in [2.05, 4.69) is 15.3 Å². The molecule has 8 nitrogen and oxygen atoms in total. The molecule has 1 aromatic carbocycles. The third kappa shape index (κ3) is 4.38. The molecule has 0 radical (unpaired) electrons. The fraction of sp³-hybridized carbons (Fsp3) is 0.292. The number of benzene rings is 1. The second-order valence-corrected chi connectivity index (χ2v) is 10.7. The predicted octanol–water partition coefficient (Wildman–Crippen LogP) is 2.92. The van der Waals surface area contributed by atoms with Gasteiger partial charge < -0.3 is 10.3 Å². The first kappa shape index (κ1) is 22.4. The van der Waals surface area contributed by atoms with Crippen molar-refractivity contribution in [3.8, 4) is 11.3 Å². The number of Topliss-reactive ketones (excluding diaryl/α,β-unsaturated/α-hetero) is 1. The van der Waals surface area contributed by atoms with Crippen LogP contribution in [-0.2, 0) is 27.8 Å². The van der Waals surface area contributed by atoms with Crippen LogP contribution in [0.15, 0.2) is 48.7 Å². The third-order valence-electron chi connectivity index (χ3n) is 6.16. The molecule has 1 amide bonds. The molecule has 2 aromatic heterocycles. The van der Waals surface area contributed by atoms with Crippen LogP contribution in [0.4, 0.5) is 10.2 Å². The van der Waals surface area contributed by atoms with Crippen molar-refractivity contribution in [3.05, 3.63) is 71.0 Å². The molecule has 2 aliphatic rings. The van der Waals surface area contributed by atoms with Crippen LogP contribution in [0.5, 0.6) is 0 Å². The number of nitrogens with one attached hydrogen (secondary N) is 2. The first-order valence-corrected chi connectivity index (χ1v) is 12.7. The zero-order chi connectivity index (χ0) is 24.0. The summed E-state index contributed by atoms with van der Waals surface area (Å²) in [6, 6.07) is 13.1. The highest BCUT2D eigenvalue weighted by molar-refractivity contribution is 7.88. The Morgan fingerprint density at radius 3 is 2.65 bits per heavy atom. The summed E-state index contributed by atoms with van der Waals surface area (Å²) in [5, 5.41) is 2.65. The molecule has 34 heavy (non-hydrogen) atoms. The minimum absolute atomic E-state index is 0.0654. The van der Waals surface area contributed by atoms with Gasteiger partial charge >= 0.3 is 0 Å². The second kappa shape index (κ2) is 8.44. The highest BCUT2D eigenvalue weighted by Crippen LogP contribution is 2.36. The van der Waals surface area contributed by atoms with E-state index >= 15 is 0 Å². The quantitative estimate of drug-likeness (QED) is 0.561. The molecule has 1 aliphatic heterocycles. The molecule has 2 atom stereocenters. The van der Waals surface area contributed by atoms with Gasteiger partial charge in [0.05, 0.1) is 31.0 Å². The Labute approximate surface area is 196 Å². The minimum atomic E-state index is -3.55. The van der Waals surface area contributed by atoms with Crippen LogP contribution < -0.4 is 5.32 Å². The largest absolute Gasteiger partial charge is 0.356 e. The highest BCUT2D eigenvalue weighted by atomic mass is 32.2. The molecule has 1 saturated carbocycles. The lowest BCUT2D eigenvalue weighted by molar-refractivity contribution is -0.117. The number of anilines is 1. The summed E-state index contributed by atoms with van der Waals surface area (Å²) in [7, 11) is -3.55. The first-order chi connectivity index (χ1) is 16.2. The number of carbonyl (C=O) groups is 2. The van der Waals surface area contributed by atoms with E-state index in [-0.39, 0.29) is 31.1 Å². The number of hydrogen-bond acceptors (Lipinski definition) is 5. The van der Waals surface area contributed by atoms with Gasteiger partial charge in [-0.3, -0.25) is 9.59 Å². The molecule has 10 heteroatoms. The number of hydrogen-bond donors (Lipinski definition) is 2. The van der Waals surface area contributed by atoms with Gasteiger partial charge in [0, 0.05) is 29.4 Å². The molecular weight excluding hydrogens is 459 g/mol. The molecule has 176 valence electrons. The number of rotatable bonds is 6. The Morgan fingerprint density at radius 2 is 1.97 bits per heavy atom. The van der Waals surface area contributed by atoms with Crippen molar-refractivity contribution < 1.29 is 22.4 Å². The molecule has 2 N–H and O–H groups in total. The Morgan fingerprint density at radius 1 is 1.24 bits per heavy atom. The van der Waals surface area contributed by atoms with Crippen LogP contribution in [0.1, 0.15) is 33.6 Å². The number of aromatic nitrogens is 2. The standard InChI is InChI=1S/C24H23FN4O4S/c1-34(32,33)29-12-19-22(20(30)13-29)17(9-14-5-3-2-4-6-14)23(27-19)15-7-8-26-21(10-15)28-24(31)16-11-18(16)25/h2-8,10,16,18,27H,9,11-13H2,1H3,(H,26,28,31)/t16-,18+/m0/s1. The van der Waals surface area contributed by atoms with Crippen molar-refractivity contribution in [2.24, 2.45) is 5.92 Å². The van der Waals surface area contributed by atoms with Gasteiger partial charge in [-0.25, -0.2) is 17.8 Å². The van der Waals surface area contributed by atoms with Gasteiger partial charge in [0.25, 0.3) is 0 Å². The number of sulfonamides is 1. The Balaban J connectivity index is 1.56. The maximum absolute atomic E-state index is 13.3. The molecule has 1 aliphatic carbocycles. The number of pyridine rings is 1. The van der Waals surface area contributed by atoms with Gasteiger partial charge in [-0.05, 0) is 29.7 Å². The number of nitrogens with zero attached hydrogens (tertiary/aromatic N) is 2. The van der Waals surface area contributed by atoms with Crippen molar-refractivity contribution >= 4 is 27.5 Å². The van der Waals surface area contributed by atoms with Crippen molar-refractivity contribution in [1.82, 2.24) is 14.3 Å². The minimum Gasteiger partial charge on any atom is -0.356 e. The summed E-state index contributed by atoms with van der Waals surface area (Å²) in [4.78, 5) is 32.7. The predicted molar refractivity (Wildman–Crippen MR) is 124 cm³/mol. The van der Waals surface area contributed by atoms with Crippen molar-refractivity contribution in [3.63, 3.8) is 0 Å². The number of H-pyrrole nitrogens is 1. The Hall–Kier alpha value is -3.37. The lowest BCUT2D eigenvalue weighted by Crippen LogP contribution is -2.38. The van der Waals surface area contributed by atoms with E-state index < -0.39 is 28.0 Å². The molecule has 0 saturated heterocycles. The smallest absolute Gasteiger partial charge is 0.231 e. The number of halogens is 1. The van der Waals surface area contributed by atoms with E-state index in [1.54, 1.807) is 12.1 Å². The summed E-state index contributed by atoms with van der Waals surface area (Å²) < 4.78 is 38.6. The summed E-state index contributed by atoms with van der Waals surface area (Å²) in [6.07, 6.45) is 2.18. The van der Waals surface area contributed by atoms with Gasteiger partial charge in [0.15, 0.2) is 5.78 Å². The van der Waals surface area contributed by atoms with E-state index in [0.29, 0.717) is 28.9 Å². The molecule has 0 bridgehead atoms. The van der Waals surface area contributed by atoms with Crippen LogP contribution in [0.25, 0.3) is 11.3 Å². The van der Waals surface area contributed by atoms with Gasteiger partial charge in [-0.2, -0.15) is 4.31 Å².